The van der Waals surface area contributed by atoms with Crippen LogP contribution in [0.25, 0.3) is 0 Å². The third kappa shape index (κ3) is 37.4. The summed E-state index contributed by atoms with van der Waals surface area (Å²) in [6.45, 7) is 3.42. The summed E-state index contributed by atoms with van der Waals surface area (Å²) in [5, 5.41) is 11.1. The highest BCUT2D eigenvalue weighted by atomic mass is 16.2. The molecule has 0 fully saturated rings. The van der Waals surface area contributed by atoms with Crippen LogP contribution in [0.5, 0.6) is 0 Å². The molecule has 0 aromatic heterocycles. The van der Waals surface area contributed by atoms with Crippen molar-refractivity contribution in [2.75, 3.05) is 26.2 Å². The van der Waals surface area contributed by atoms with Crippen LogP contribution >= 0.6 is 0 Å². The smallest absolute Gasteiger partial charge is 0.243 e. The number of primary amides is 1. The average molecular weight is 893 g/mol. The van der Waals surface area contributed by atoms with Gasteiger partial charge in [0.1, 0.15) is 18.1 Å². The number of nitrogens with one attached hydrogen (secondary N) is 4. The van der Waals surface area contributed by atoms with Crippen LogP contribution in [0.1, 0.15) is 187 Å². The maximum Gasteiger partial charge on any atom is 0.243 e. The number of rotatable bonds is 42. The third-order valence-corrected chi connectivity index (χ3v) is 10.7. The first-order valence-electron chi connectivity index (χ1n) is 23.9. The largest absolute Gasteiger partial charge is 0.370 e. The van der Waals surface area contributed by atoms with E-state index in [9.17, 15) is 24.0 Å². The predicted octanol–water partition coefficient (Wildman–Crippen LogP) is 2.81. The molecule has 0 heterocycles. The fraction of sp³-hybridized carbons (Fsp3) is 0.818. The Morgan fingerprint density at radius 1 is 0.397 bits per heavy atom. The number of hydrogen-bond acceptors (Lipinski definition) is 8. The minimum absolute atomic E-state index is 0.0551. The SMILES string of the molecule is CCCCCCCCCCCCCCCCCCCC(=O)NCCCCCC(=O)N[C@@H](CCCN=C(N)N)C(=O)N[C@@H](CCCN=C(N)N)C(=O)N[C@@H](CCCN=C(N)N)C(N)=O. The van der Waals surface area contributed by atoms with Crippen LogP contribution < -0.4 is 61.4 Å². The van der Waals surface area contributed by atoms with Gasteiger partial charge in [-0.25, -0.2) is 0 Å². The third-order valence-electron chi connectivity index (χ3n) is 10.7. The second-order valence-electron chi connectivity index (χ2n) is 16.6. The molecule has 0 rings (SSSR count). The van der Waals surface area contributed by atoms with E-state index in [2.05, 4.69) is 43.2 Å². The van der Waals surface area contributed by atoms with Crippen LogP contribution in [0.4, 0.5) is 0 Å². The first-order chi connectivity index (χ1) is 30.3. The molecule has 0 aromatic carbocycles. The molecule has 5 amide bonds. The molecular weight excluding hydrogens is 805 g/mol. The lowest BCUT2D eigenvalue weighted by atomic mass is 10.0. The Morgan fingerprint density at radius 2 is 0.730 bits per heavy atom. The van der Waals surface area contributed by atoms with Gasteiger partial charge in [0.25, 0.3) is 0 Å². The van der Waals surface area contributed by atoms with Gasteiger partial charge in [0.2, 0.25) is 29.5 Å². The van der Waals surface area contributed by atoms with Gasteiger partial charge in [0.15, 0.2) is 17.9 Å². The Balaban J connectivity index is 4.74. The number of aliphatic imine (C=N–C) groups is 3. The summed E-state index contributed by atoms with van der Waals surface area (Å²) in [5.74, 6) is -2.67. The zero-order chi connectivity index (χ0) is 46.9. The lowest BCUT2D eigenvalue weighted by molar-refractivity contribution is -0.133. The Morgan fingerprint density at radius 3 is 1.13 bits per heavy atom. The Bertz CT molecular complexity index is 1330. The molecular formula is C44H88N14O5. The minimum atomic E-state index is -1.12. The maximum absolute atomic E-state index is 13.6. The molecule has 0 aliphatic rings. The lowest BCUT2D eigenvalue weighted by Gasteiger charge is -2.25. The van der Waals surface area contributed by atoms with E-state index in [1.165, 1.54) is 96.3 Å². The fourth-order valence-electron chi connectivity index (χ4n) is 7.06. The number of carbonyl (C=O) groups excluding carboxylic acids is 5. The summed E-state index contributed by atoms with van der Waals surface area (Å²) in [7, 11) is 0. The van der Waals surface area contributed by atoms with Gasteiger partial charge in [-0.15, -0.1) is 0 Å². The predicted molar refractivity (Wildman–Crippen MR) is 255 cm³/mol. The van der Waals surface area contributed by atoms with Crippen LogP contribution in [-0.2, 0) is 24.0 Å². The van der Waals surface area contributed by atoms with E-state index in [0.717, 1.165) is 19.3 Å². The molecule has 0 aromatic rings. The molecule has 0 aliphatic carbocycles. The van der Waals surface area contributed by atoms with Crippen LogP contribution in [0.2, 0.25) is 0 Å². The highest BCUT2D eigenvalue weighted by Gasteiger charge is 2.29. The molecule has 19 heteroatoms. The maximum atomic E-state index is 13.6. The average Bonchev–Trinajstić information content (AvgIpc) is 3.23. The molecule has 18 N–H and O–H groups in total. The molecule has 0 saturated heterocycles. The second-order valence-corrected chi connectivity index (χ2v) is 16.6. The number of amides is 5. The summed E-state index contributed by atoms with van der Waals surface area (Å²) in [4.78, 5) is 76.4. The van der Waals surface area contributed by atoms with E-state index < -0.39 is 35.8 Å². The van der Waals surface area contributed by atoms with Crippen LogP contribution in [0, 0.1) is 0 Å². The highest BCUT2D eigenvalue weighted by Crippen LogP contribution is 2.15. The van der Waals surface area contributed by atoms with E-state index in [4.69, 9.17) is 40.1 Å². The van der Waals surface area contributed by atoms with E-state index in [1.807, 2.05) is 0 Å². The Kier molecular flexibility index (Phi) is 36.9. The van der Waals surface area contributed by atoms with Crippen LogP contribution in [0.15, 0.2) is 15.0 Å². The molecule has 364 valence electrons. The van der Waals surface area contributed by atoms with Crippen molar-refractivity contribution >= 4 is 47.4 Å². The number of unbranched alkanes of at least 4 members (excludes halogenated alkanes) is 18. The van der Waals surface area contributed by atoms with Crippen molar-refractivity contribution in [1.29, 1.82) is 0 Å². The van der Waals surface area contributed by atoms with Crippen LogP contribution in [0.3, 0.4) is 0 Å². The van der Waals surface area contributed by atoms with E-state index in [1.54, 1.807) is 0 Å². The molecule has 3 atom stereocenters. The summed E-state index contributed by atoms with van der Waals surface area (Å²) in [6.07, 6.45) is 26.2. The molecule has 0 unspecified atom stereocenters. The van der Waals surface area contributed by atoms with Gasteiger partial charge in [-0.1, -0.05) is 116 Å². The minimum Gasteiger partial charge on any atom is -0.370 e. The van der Waals surface area contributed by atoms with Gasteiger partial charge < -0.3 is 61.4 Å². The van der Waals surface area contributed by atoms with Gasteiger partial charge in [-0.3, -0.25) is 38.9 Å². The van der Waals surface area contributed by atoms with E-state index in [0.29, 0.717) is 45.1 Å². The topological polar surface area (TPSA) is 353 Å². The zero-order valence-corrected chi connectivity index (χ0v) is 38.8. The molecule has 0 saturated carbocycles. The molecule has 0 aliphatic heterocycles. The van der Waals surface area contributed by atoms with Crippen molar-refractivity contribution in [1.82, 2.24) is 21.3 Å². The molecule has 0 bridgehead atoms. The normalized spacial score (nSPS) is 12.3. The zero-order valence-electron chi connectivity index (χ0n) is 38.8. The summed E-state index contributed by atoms with van der Waals surface area (Å²) in [5.41, 5.74) is 38.1. The standard InChI is InChI=1S/C44H88N14O5/c1-2-3-4-5-6-7-8-9-10-11-12-13-14-15-16-17-19-28-37(59)52-30-21-18-20-29-38(60)56-35(26-23-32-54-43(48)49)40(62)58-36(27-24-33-55-44(50)51)41(63)57-34(39(45)61)25-22-31-53-42(46)47/h34-36H,2-33H2,1H3,(H2,45,61)(H,52,59)(H,56,60)(H,57,63)(H,58,62)(H4,46,47,53)(H4,48,49,54)(H4,50,51,55)/t34-,35-,36-/m0/s1. The Hall–Kier alpha value is -4.84. The van der Waals surface area contributed by atoms with Gasteiger partial charge in [-0.2, -0.15) is 0 Å². The van der Waals surface area contributed by atoms with Gasteiger partial charge in [0.05, 0.1) is 0 Å². The van der Waals surface area contributed by atoms with Crippen molar-refractivity contribution in [2.45, 2.75) is 205 Å². The van der Waals surface area contributed by atoms with Crippen molar-refractivity contribution in [3.8, 4) is 0 Å². The number of nitrogens with two attached hydrogens (primary N) is 7. The number of guanidine groups is 3. The molecule has 19 nitrogen and oxygen atoms in total. The summed E-state index contributed by atoms with van der Waals surface area (Å²) >= 11 is 0. The van der Waals surface area contributed by atoms with Crippen molar-refractivity contribution in [3.63, 3.8) is 0 Å². The quantitative estimate of drug-likeness (QED) is 0.0240. The molecule has 0 radical (unpaired) electrons. The monoisotopic (exact) mass is 893 g/mol. The van der Waals surface area contributed by atoms with Gasteiger partial charge in [-0.05, 0) is 57.8 Å². The first-order valence-corrected chi connectivity index (χ1v) is 23.9. The van der Waals surface area contributed by atoms with Crippen molar-refractivity contribution < 1.29 is 24.0 Å². The fourth-order valence-corrected chi connectivity index (χ4v) is 7.06. The highest BCUT2D eigenvalue weighted by molar-refractivity contribution is 5.94. The van der Waals surface area contributed by atoms with Crippen molar-refractivity contribution in [2.24, 2.45) is 55.1 Å². The van der Waals surface area contributed by atoms with Crippen molar-refractivity contribution in [3.05, 3.63) is 0 Å². The Labute approximate surface area is 378 Å². The number of nitrogens with zero attached hydrogens (tertiary/aromatic N) is 3. The van der Waals surface area contributed by atoms with Gasteiger partial charge in [0, 0.05) is 39.0 Å². The number of carbonyl (C=O) groups is 5. The number of hydrogen-bond donors (Lipinski definition) is 11. The molecule has 63 heavy (non-hydrogen) atoms. The summed E-state index contributed by atoms with van der Waals surface area (Å²) < 4.78 is 0. The van der Waals surface area contributed by atoms with E-state index in [-0.39, 0.29) is 75.0 Å². The summed E-state index contributed by atoms with van der Waals surface area (Å²) in [6, 6.07) is -3.19. The molecule has 0 spiro atoms. The van der Waals surface area contributed by atoms with Crippen LogP contribution in [-0.4, -0.2) is 91.7 Å². The first kappa shape index (κ1) is 58.2. The second kappa shape index (κ2) is 40.0. The van der Waals surface area contributed by atoms with E-state index >= 15 is 0 Å². The van der Waals surface area contributed by atoms with Gasteiger partial charge >= 0.3 is 0 Å². The lowest BCUT2D eigenvalue weighted by Crippen LogP contribution is -2.56.